The molecule has 1 aliphatic heterocycles. The van der Waals surface area contributed by atoms with Gasteiger partial charge in [0.1, 0.15) is 11.6 Å². The molecule has 2 aromatic rings. The highest BCUT2D eigenvalue weighted by molar-refractivity contribution is 5.60. The van der Waals surface area contributed by atoms with Gasteiger partial charge in [0.05, 0.1) is 5.69 Å². The highest BCUT2D eigenvalue weighted by Gasteiger charge is 2.16. The first-order valence-corrected chi connectivity index (χ1v) is 8.83. The Balaban J connectivity index is 1.79. The molecule has 0 amide bonds. The maximum Gasteiger partial charge on any atom is 0.183 e. The van der Waals surface area contributed by atoms with Crippen LogP contribution in [0.1, 0.15) is 50.5 Å². The van der Waals surface area contributed by atoms with E-state index in [1.54, 1.807) is 0 Å². The largest absolute Gasteiger partial charge is 0.357 e. The van der Waals surface area contributed by atoms with Crippen molar-refractivity contribution in [1.29, 1.82) is 0 Å². The molecule has 0 aromatic carbocycles. The van der Waals surface area contributed by atoms with Gasteiger partial charge >= 0.3 is 0 Å². The van der Waals surface area contributed by atoms with Gasteiger partial charge in [0.2, 0.25) is 0 Å². The molecule has 0 unspecified atom stereocenters. The lowest BCUT2D eigenvalue weighted by molar-refractivity contribution is 0.541. The average molecular weight is 313 g/mol. The van der Waals surface area contributed by atoms with Crippen LogP contribution in [0.3, 0.4) is 0 Å². The molecule has 0 aliphatic carbocycles. The quantitative estimate of drug-likeness (QED) is 0.762. The first-order chi connectivity index (χ1) is 11.2. The lowest BCUT2D eigenvalue weighted by Gasteiger charge is -2.17. The zero-order chi connectivity index (χ0) is 16.2. The molecule has 1 aliphatic rings. The maximum atomic E-state index is 4.78. The third-order valence-electron chi connectivity index (χ3n) is 4.57. The summed E-state index contributed by atoms with van der Waals surface area (Å²) >= 11 is 0. The fourth-order valence-corrected chi connectivity index (χ4v) is 3.16. The average Bonchev–Trinajstić information content (AvgIpc) is 3.18. The topological polar surface area (TPSA) is 46.8 Å². The molecule has 0 spiro atoms. The van der Waals surface area contributed by atoms with Crippen molar-refractivity contribution < 1.29 is 0 Å². The molecule has 23 heavy (non-hydrogen) atoms. The number of aromatic nitrogens is 4. The summed E-state index contributed by atoms with van der Waals surface area (Å²) in [5.41, 5.74) is 2.06. The number of aryl methyl sites for hydroxylation is 3. The third-order valence-corrected chi connectivity index (χ3v) is 4.57. The number of hydrogen-bond acceptors (Lipinski definition) is 4. The van der Waals surface area contributed by atoms with E-state index in [0.29, 0.717) is 0 Å². The van der Waals surface area contributed by atoms with Crippen LogP contribution in [0.25, 0.3) is 11.4 Å². The highest BCUT2D eigenvalue weighted by atomic mass is 15.3. The van der Waals surface area contributed by atoms with Gasteiger partial charge in [-0.3, -0.25) is 0 Å². The van der Waals surface area contributed by atoms with E-state index in [-0.39, 0.29) is 0 Å². The molecule has 1 saturated heterocycles. The van der Waals surface area contributed by atoms with Crippen LogP contribution in [0.15, 0.2) is 12.1 Å². The van der Waals surface area contributed by atoms with E-state index in [2.05, 4.69) is 35.9 Å². The molecular formula is C18H27N5. The summed E-state index contributed by atoms with van der Waals surface area (Å²) in [5, 5.41) is 4.69. The molecule has 3 rings (SSSR count). The SMILES string of the molecule is CCCCCn1nc(-c2ccc(N3CCCC3)nc2C)nc1C. The van der Waals surface area contributed by atoms with Crippen LogP contribution < -0.4 is 4.90 Å². The number of unbranched alkanes of at least 4 members (excludes halogenated alkanes) is 2. The van der Waals surface area contributed by atoms with Crippen molar-refractivity contribution >= 4 is 5.82 Å². The minimum Gasteiger partial charge on any atom is -0.357 e. The first kappa shape index (κ1) is 16.0. The van der Waals surface area contributed by atoms with E-state index < -0.39 is 0 Å². The zero-order valence-corrected chi connectivity index (χ0v) is 14.5. The van der Waals surface area contributed by atoms with Crippen molar-refractivity contribution in [2.45, 2.75) is 59.4 Å². The Morgan fingerprint density at radius 1 is 1.04 bits per heavy atom. The van der Waals surface area contributed by atoms with Crippen molar-refractivity contribution in [2.24, 2.45) is 0 Å². The normalized spacial score (nSPS) is 14.7. The fraction of sp³-hybridized carbons (Fsp3) is 0.611. The van der Waals surface area contributed by atoms with E-state index in [9.17, 15) is 0 Å². The van der Waals surface area contributed by atoms with Gasteiger partial charge in [-0.05, 0) is 45.2 Å². The standard InChI is InChI=1S/C18H27N5/c1-4-5-6-13-23-15(3)20-18(21-23)16-9-10-17(19-14(16)2)22-11-7-8-12-22/h9-10H,4-8,11-13H2,1-3H3. The van der Waals surface area contributed by atoms with E-state index in [0.717, 1.165) is 54.8 Å². The Morgan fingerprint density at radius 2 is 1.83 bits per heavy atom. The van der Waals surface area contributed by atoms with Crippen LogP contribution in [0.5, 0.6) is 0 Å². The molecule has 124 valence electrons. The molecule has 0 N–H and O–H groups in total. The van der Waals surface area contributed by atoms with Crippen LogP contribution in [0.2, 0.25) is 0 Å². The fourth-order valence-electron chi connectivity index (χ4n) is 3.16. The van der Waals surface area contributed by atoms with Crippen molar-refractivity contribution in [3.8, 4) is 11.4 Å². The van der Waals surface area contributed by atoms with Crippen molar-refractivity contribution in [1.82, 2.24) is 19.7 Å². The Hall–Kier alpha value is -1.91. The lowest BCUT2D eigenvalue weighted by atomic mass is 10.2. The lowest BCUT2D eigenvalue weighted by Crippen LogP contribution is -2.19. The summed E-state index contributed by atoms with van der Waals surface area (Å²) in [4.78, 5) is 11.8. The summed E-state index contributed by atoms with van der Waals surface area (Å²) in [7, 11) is 0. The van der Waals surface area contributed by atoms with Crippen LogP contribution in [-0.4, -0.2) is 32.8 Å². The molecule has 0 bridgehead atoms. The van der Waals surface area contributed by atoms with Crippen LogP contribution in [-0.2, 0) is 6.54 Å². The van der Waals surface area contributed by atoms with Gasteiger partial charge in [-0.15, -0.1) is 0 Å². The molecule has 0 saturated carbocycles. The number of rotatable bonds is 6. The Labute approximate surface area is 138 Å². The van der Waals surface area contributed by atoms with Crippen LogP contribution in [0.4, 0.5) is 5.82 Å². The molecule has 0 radical (unpaired) electrons. The summed E-state index contributed by atoms with van der Waals surface area (Å²) in [6.45, 7) is 9.50. The predicted octanol–water partition coefficient (Wildman–Crippen LogP) is 3.75. The molecule has 5 nitrogen and oxygen atoms in total. The van der Waals surface area contributed by atoms with Gasteiger partial charge in [-0.2, -0.15) is 5.10 Å². The van der Waals surface area contributed by atoms with Gasteiger partial charge in [0, 0.05) is 25.2 Å². The van der Waals surface area contributed by atoms with Gasteiger partial charge in [-0.1, -0.05) is 19.8 Å². The second kappa shape index (κ2) is 7.11. The van der Waals surface area contributed by atoms with E-state index in [4.69, 9.17) is 10.1 Å². The number of nitrogens with zero attached hydrogens (tertiary/aromatic N) is 5. The zero-order valence-electron chi connectivity index (χ0n) is 14.5. The summed E-state index contributed by atoms with van der Waals surface area (Å²) < 4.78 is 2.03. The number of hydrogen-bond donors (Lipinski definition) is 0. The van der Waals surface area contributed by atoms with Crippen molar-refractivity contribution in [3.63, 3.8) is 0 Å². The summed E-state index contributed by atoms with van der Waals surface area (Å²) in [5.74, 6) is 2.87. The number of pyridine rings is 1. The minimum atomic E-state index is 0.803. The minimum absolute atomic E-state index is 0.803. The van der Waals surface area contributed by atoms with Crippen molar-refractivity contribution in [3.05, 3.63) is 23.7 Å². The monoisotopic (exact) mass is 313 g/mol. The predicted molar refractivity (Wildman–Crippen MR) is 93.7 cm³/mol. The summed E-state index contributed by atoms with van der Waals surface area (Å²) in [6, 6.07) is 4.24. The van der Waals surface area contributed by atoms with E-state index in [1.165, 1.54) is 25.7 Å². The van der Waals surface area contributed by atoms with Gasteiger partial charge in [0.25, 0.3) is 0 Å². The Kier molecular flexibility index (Phi) is 4.94. The Morgan fingerprint density at radius 3 is 2.52 bits per heavy atom. The highest BCUT2D eigenvalue weighted by Crippen LogP contribution is 2.24. The van der Waals surface area contributed by atoms with Gasteiger partial charge in [-0.25, -0.2) is 14.6 Å². The third kappa shape index (κ3) is 3.54. The molecule has 3 heterocycles. The second-order valence-electron chi connectivity index (χ2n) is 6.41. The van der Waals surface area contributed by atoms with Crippen molar-refractivity contribution in [2.75, 3.05) is 18.0 Å². The van der Waals surface area contributed by atoms with Gasteiger partial charge in [0.15, 0.2) is 5.82 Å². The molecule has 1 fully saturated rings. The Bertz CT molecular complexity index is 655. The number of anilines is 1. The first-order valence-electron chi connectivity index (χ1n) is 8.83. The maximum absolute atomic E-state index is 4.78. The molecule has 2 aromatic heterocycles. The molecular weight excluding hydrogens is 286 g/mol. The second-order valence-corrected chi connectivity index (χ2v) is 6.41. The smallest absolute Gasteiger partial charge is 0.183 e. The summed E-state index contributed by atoms with van der Waals surface area (Å²) in [6.07, 6.45) is 6.16. The van der Waals surface area contributed by atoms with Crippen LogP contribution >= 0.6 is 0 Å². The van der Waals surface area contributed by atoms with E-state index >= 15 is 0 Å². The molecule has 0 atom stereocenters. The molecule has 5 heteroatoms. The van der Waals surface area contributed by atoms with E-state index in [1.807, 2.05) is 11.6 Å². The van der Waals surface area contributed by atoms with Crippen LogP contribution in [0, 0.1) is 13.8 Å². The van der Waals surface area contributed by atoms with Gasteiger partial charge < -0.3 is 4.90 Å².